The van der Waals surface area contributed by atoms with Gasteiger partial charge in [-0.3, -0.25) is 9.20 Å². The Kier molecular flexibility index (Phi) is 3.58. The third-order valence-electron chi connectivity index (χ3n) is 2.26. The molecule has 0 radical (unpaired) electrons. The molecule has 5 heteroatoms. The lowest BCUT2D eigenvalue weighted by Crippen LogP contribution is -2.25. The van der Waals surface area contributed by atoms with Crippen molar-refractivity contribution in [2.75, 3.05) is 6.54 Å². The van der Waals surface area contributed by atoms with E-state index in [-0.39, 0.29) is 5.91 Å². The van der Waals surface area contributed by atoms with Crippen LogP contribution in [0.1, 0.15) is 19.5 Å². The predicted octanol–water partition coefficient (Wildman–Crippen LogP) is 2.18. The van der Waals surface area contributed by atoms with E-state index in [1.165, 1.54) is 0 Å². The molecule has 0 bridgehead atoms. The lowest BCUT2D eigenvalue weighted by Gasteiger charge is -2.03. The van der Waals surface area contributed by atoms with Crippen molar-refractivity contribution in [3.05, 3.63) is 29.5 Å². The SMILES string of the molecule is CC(C)CNC(=O)/C=C/c1cnc2sccn12. The van der Waals surface area contributed by atoms with Crippen LogP contribution in [-0.2, 0) is 4.79 Å². The average Bonchev–Trinajstić information content (AvgIpc) is 2.86. The number of aromatic nitrogens is 2. The number of amides is 1. The van der Waals surface area contributed by atoms with Crippen LogP contribution < -0.4 is 5.32 Å². The Morgan fingerprint density at radius 3 is 3.24 bits per heavy atom. The Bertz CT molecular complexity index is 539. The molecule has 0 aromatic carbocycles. The molecule has 90 valence electrons. The zero-order valence-electron chi connectivity index (χ0n) is 9.88. The van der Waals surface area contributed by atoms with Crippen molar-refractivity contribution in [2.24, 2.45) is 5.92 Å². The minimum Gasteiger partial charge on any atom is -0.352 e. The van der Waals surface area contributed by atoms with Crippen molar-refractivity contribution in [3.8, 4) is 0 Å². The van der Waals surface area contributed by atoms with Gasteiger partial charge in [0.25, 0.3) is 0 Å². The van der Waals surface area contributed by atoms with Crippen LogP contribution in [0, 0.1) is 5.92 Å². The molecule has 4 nitrogen and oxygen atoms in total. The van der Waals surface area contributed by atoms with Crippen molar-refractivity contribution in [2.45, 2.75) is 13.8 Å². The summed E-state index contributed by atoms with van der Waals surface area (Å²) in [5.41, 5.74) is 0.918. The molecule has 0 aliphatic rings. The molecule has 0 saturated heterocycles. The Labute approximate surface area is 104 Å². The molecule has 2 aromatic rings. The van der Waals surface area contributed by atoms with Gasteiger partial charge < -0.3 is 5.32 Å². The smallest absolute Gasteiger partial charge is 0.244 e. The van der Waals surface area contributed by atoms with Crippen LogP contribution >= 0.6 is 11.3 Å². The van der Waals surface area contributed by atoms with E-state index in [1.54, 1.807) is 29.7 Å². The molecule has 0 aliphatic heterocycles. The van der Waals surface area contributed by atoms with Gasteiger partial charge in [-0.2, -0.15) is 0 Å². The van der Waals surface area contributed by atoms with Gasteiger partial charge in [0.05, 0.1) is 11.9 Å². The quantitative estimate of drug-likeness (QED) is 0.844. The number of carbonyl (C=O) groups excluding carboxylic acids is 1. The van der Waals surface area contributed by atoms with Crippen molar-refractivity contribution in [1.29, 1.82) is 0 Å². The van der Waals surface area contributed by atoms with Gasteiger partial charge in [-0.1, -0.05) is 13.8 Å². The van der Waals surface area contributed by atoms with Crippen LogP contribution in [-0.4, -0.2) is 21.8 Å². The number of thiazole rings is 1. The fourth-order valence-corrected chi connectivity index (χ4v) is 2.09. The van der Waals surface area contributed by atoms with Gasteiger partial charge in [-0.25, -0.2) is 4.98 Å². The molecule has 2 aromatic heterocycles. The molecule has 0 saturated carbocycles. The van der Waals surface area contributed by atoms with Gasteiger partial charge >= 0.3 is 0 Å². The van der Waals surface area contributed by atoms with Crippen LogP contribution in [0.15, 0.2) is 23.8 Å². The highest BCUT2D eigenvalue weighted by Crippen LogP contribution is 2.13. The van der Waals surface area contributed by atoms with E-state index in [4.69, 9.17) is 0 Å². The fourth-order valence-electron chi connectivity index (χ4n) is 1.39. The van der Waals surface area contributed by atoms with Gasteiger partial charge in [0.15, 0.2) is 4.96 Å². The van der Waals surface area contributed by atoms with Crippen molar-refractivity contribution in [1.82, 2.24) is 14.7 Å². The highest BCUT2D eigenvalue weighted by Gasteiger charge is 2.01. The second-order valence-corrected chi connectivity index (χ2v) is 5.08. The van der Waals surface area contributed by atoms with E-state index in [0.717, 1.165) is 10.7 Å². The second kappa shape index (κ2) is 5.14. The Morgan fingerprint density at radius 1 is 1.65 bits per heavy atom. The molecule has 0 unspecified atom stereocenters. The van der Waals surface area contributed by atoms with Gasteiger partial charge in [-0.15, -0.1) is 11.3 Å². The third-order valence-corrected chi connectivity index (χ3v) is 3.04. The molecule has 2 rings (SSSR count). The van der Waals surface area contributed by atoms with E-state index in [9.17, 15) is 4.79 Å². The van der Waals surface area contributed by atoms with Gasteiger partial charge in [-0.05, 0) is 12.0 Å². The summed E-state index contributed by atoms with van der Waals surface area (Å²) in [5.74, 6) is 0.398. The zero-order chi connectivity index (χ0) is 12.3. The minimum atomic E-state index is -0.0659. The third kappa shape index (κ3) is 2.94. The number of fused-ring (bicyclic) bond motifs is 1. The van der Waals surface area contributed by atoms with Crippen LogP contribution in [0.25, 0.3) is 11.0 Å². The van der Waals surface area contributed by atoms with E-state index in [1.807, 2.05) is 16.0 Å². The summed E-state index contributed by atoms with van der Waals surface area (Å²) in [6.45, 7) is 4.83. The molecular formula is C12H15N3OS. The van der Waals surface area contributed by atoms with Gasteiger partial charge in [0, 0.05) is 24.2 Å². The summed E-state index contributed by atoms with van der Waals surface area (Å²) in [6.07, 6.45) is 7.03. The highest BCUT2D eigenvalue weighted by atomic mass is 32.1. The Hall–Kier alpha value is -1.62. The summed E-state index contributed by atoms with van der Waals surface area (Å²) in [6, 6.07) is 0. The first-order chi connectivity index (χ1) is 8.16. The molecule has 1 N–H and O–H groups in total. The fraction of sp³-hybridized carbons (Fsp3) is 0.333. The number of rotatable bonds is 4. The van der Waals surface area contributed by atoms with Gasteiger partial charge in [0.1, 0.15) is 0 Å². The maximum Gasteiger partial charge on any atom is 0.244 e. The number of nitrogens with zero attached hydrogens (tertiary/aromatic N) is 2. The molecule has 1 amide bonds. The van der Waals surface area contributed by atoms with E-state index < -0.39 is 0 Å². The molecule has 0 aliphatic carbocycles. The zero-order valence-corrected chi connectivity index (χ0v) is 10.7. The number of hydrogen-bond donors (Lipinski definition) is 1. The van der Waals surface area contributed by atoms with Gasteiger partial charge in [0.2, 0.25) is 5.91 Å². The summed E-state index contributed by atoms with van der Waals surface area (Å²) >= 11 is 1.57. The van der Waals surface area contributed by atoms with Crippen molar-refractivity contribution < 1.29 is 4.79 Å². The Balaban J connectivity index is 2.01. The van der Waals surface area contributed by atoms with Crippen molar-refractivity contribution in [3.63, 3.8) is 0 Å². The van der Waals surface area contributed by atoms with E-state index in [0.29, 0.717) is 12.5 Å². The number of hydrogen-bond acceptors (Lipinski definition) is 3. The largest absolute Gasteiger partial charge is 0.352 e. The predicted molar refractivity (Wildman–Crippen MR) is 70.0 cm³/mol. The second-order valence-electron chi connectivity index (χ2n) is 4.21. The molecule has 0 fully saturated rings. The maximum atomic E-state index is 11.5. The van der Waals surface area contributed by atoms with Crippen molar-refractivity contribution >= 4 is 28.3 Å². The standard InChI is InChI=1S/C12H15N3OS/c1-9(2)7-13-11(16)4-3-10-8-14-12-15(10)5-6-17-12/h3-6,8-9H,7H2,1-2H3,(H,13,16)/b4-3+. The van der Waals surface area contributed by atoms with E-state index >= 15 is 0 Å². The molecule has 0 atom stereocenters. The number of imidazole rings is 1. The monoisotopic (exact) mass is 249 g/mol. The first kappa shape index (κ1) is 11.9. The molecule has 2 heterocycles. The molecule has 0 spiro atoms. The molecular weight excluding hydrogens is 234 g/mol. The van der Waals surface area contributed by atoms with Crippen LogP contribution in [0.5, 0.6) is 0 Å². The first-order valence-electron chi connectivity index (χ1n) is 5.53. The van der Waals surface area contributed by atoms with E-state index in [2.05, 4.69) is 24.1 Å². The minimum absolute atomic E-state index is 0.0659. The van der Waals surface area contributed by atoms with Crippen LogP contribution in [0.3, 0.4) is 0 Å². The van der Waals surface area contributed by atoms with Crippen LogP contribution in [0.2, 0.25) is 0 Å². The number of carbonyl (C=O) groups is 1. The summed E-state index contributed by atoms with van der Waals surface area (Å²) in [4.78, 5) is 16.7. The summed E-state index contributed by atoms with van der Waals surface area (Å²) in [7, 11) is 0. The lowest BCUT2D eigenvalue weighted by atomic mass is 10.2. The topological polar surface area (TPSA) is 46.4 Å². The summed E-state index contributed by atoms with van der Waals surface area (Å²) in [5, 5.41) is 4.80. The average molecular weight is 249 g/mol. The highest BCUT2D eigenvalue weighted by molar-refractivity contribution is 7.15. The Morgan fingerprint density at radius 2 is 2.47 bits per heavy atom. The number of nitrogens with one attached hydrogen (secondary N) is 1. The maximum absolute atomic E-state index is 11.5. The molecule has 17 heavy (non-hydrogen) atoms. The van der Waals surface area contributed by atoms with Crippen LogP contribution in [0.4, 0.5) is 0 Å². The normalized spacial score (nSPS) is 11.7. The first-order valence-corrected chi connectivity index (χ1v) is 6.41. The lowest BCUT2D eigenvalue weighted by molar-refractivity contribution is -0.116. The summed E-state index contributed by atoms with van der Waals surface area (Å²) < 4.78 is 1.96.